The van der Waals surface area contributed by atoms with Crippen molar-refractivity contribution in [1.82, 2.24) is 5.32 Å². The number of halogens is 1. The molecule has 1 aromatic rings. The Hall–Kier alpha value is -2.60. The minimum Gasteiger partial charge on any atom is -0.381 e. The molecule has 4 N–H and O–H groups in total. The van der Waals surface area contributed by atoms with Crippen molar-refractivity contribution < 1.29 is 9.18 Å². The molecule has 1 rings (SSSR count). The first-order chi connectivity index (χ1) is 11.5. The number of allylic oxidation sites excluding steroid dienone is 2. The third kappa shape index (κ3) is 8.14. The van der Waals surface area contributed by atoms with Gasteiger partial charge in [-0.05, 0) is 36.8 Å². The fourth-order valence-corrected chi connectivity index (χ4v) is 1.56. The van der Waals surface area contributed by atoms with E-state index in [1.807, 2.05) is 31.2 Å². The molecule has 0 aliphatic heterocycles. The lowest BCUT2D eigenvalue weighted by Crippen LogP contribution is -2.36. The lowest BCUT2D eigenvalue weighted by molar-refractivity contribution is 0.248. The van der Waals surface area contributed by atoms with Crippen molar-refractivity contribution in [2.75, 3.05) is 36.9 Å². The average Bonchev–Trinajstić information content (AvgIpc) is 2.63. The Bertz CT molecular complexity index is 534. The van der Waals surface area contributed by atoms with Crippen molar-refractivity contribution in [2.24, 2.45) is 5.73 Å². The number of nitrogens with two attached hydrogens (primary N) is 1. The second-order valence-corrected chi connectivity index (χ2v) is 4.74. The summed E-state index contributed by atoms with van der Waals surface area (Å²) in [6.07, 6.45) is 3.80. The van der Waals surface area contributed by atoms with Crippen LogP contribution in [0.3, 0.4) is 0 Å². The Labute approximate surface area is 143 Å². The number of rotatable bonds is 7. The maximum absolute atomic E-state index is 12.4. The summed E-state index contributed by atoms with van der Waals surface area (Å²) in [6, 6.07) is 7.14. The lowest BCUT2D eigenvalue weighted by atomic mass is 10.2. The highest BCUT2D eigenvalue weighted by Gasteiger charge is 2.08. The largest absolute Gasteiger partial charge is 0.381 e. The molecule has 0 bridgehead atoms. The van der Waals surface area contributed by atoms with Crippen LogP contribution in [0.15, 0.2) is 61.5 Å². The molecule has 0 aliphatic rings. The minimum atomic E-state index is -0.154. The number of nitrogens with zero attached hydrogens (tertiary/aromatic N) is 1. The summed E-state index contributed by atoms with van der Waals surface area (Å²) >= 11 is 0. The van der Waals surface area contributed by atoms with Crippen LogP contribution in [-0.2, 0) is 0 Å². The van der Waals surface area contributed by atoms with Gasteiger partial charge in [0.2, 0.25) is 0 Å². The van der Waals surface area contributed by atoms with Gasteiger partial charge >= 0.3 is 6.03 Å². The normalized spacial score (nSPS) is 10.1. The first-order valence-electron chi connectivity index (χ1n) is 7.61. The van der Waals surface area contributed by atoms with Gasteiger partial charge in [0, 0.05) is 38.1 Å². The molecule has 0 saturated carbocycles. The van der Waals surface area contributed by atoms with Crippen LogP contribution in [-0.4, -0.2) is 32.7 Å². The van der Waals surface area contributed by atoms with E-state index in [9.17, 15) is 9.18 Å². The molecule has 24 heavy (non-hydrogen) atoms. The molecule has 0 aliphatic carbocycles. The minimum absolute atomic E-state index is 0.154. The molecule has 0 unspecified atom stereocenters. The molecule has 2 amide bonds. The highest BCUT2D eigenvalue weighted by molar-refractivity contribution is 5.91. The molecule has 0 fully saturated rings. The van der Waals surface area contributed by atoms with Crippen molar-refractivity contribution in [3.8, 4) is 0 Å². The predicted octanol–water partition coefficient (Wildman–Crippen LogP) is 3.43. The number of amides is 2. The Kier molecular flexibility index (Phi) is 11.5. The molecule has 0 atom stereocenters. The third-order valence-electron chi connectivity index (χ3n) is 2.99. The molecule has 0 aromatic heterocycles. The van der Waals surface area contributed by atoms with Crippen LogP contribution >= 0.6 is 0 Å². The van der Waals surface area contributed by atoms with Crippen molar-refractivity contribution in [1.29, 1.82) is 0 Å². The molecule has 0 heterocycles. The first kappa shape index (κ1) is 21.4. The van der Waals surface area contributed by atoms with E-state index >= 15 is 0 Å². The number of hydrogen-bond donors (Lipinski definition) is 3. The third-order valence-corrected chi connectivity index (χ3v) is 2.99. The van der Waals surface area contributed by atoms with Gasteiger partial charge in [-0.15, -0.1) is 0 Å². The molecule has 1 aromatic carbocycles. The van der Waals surface area contributed by atoms with Gasteiger partial charge < -0.3 is 16.4 Å². The topological polar surface area (TPSA) is 70.4 Å². The standard InChI is InChI=1S/C14H21FN4O.C4H6/c1-3-17-14(20)19(2)13-6-4-12(5-7-13)18-10-11(8-15)9-16;1-3-4-2/h4-8,18H,3,9-10,16H2,1-2H3,(H,17,20);3-4H,1-2H2/b11-8-;. The molecule has 6 heteroatoms. The van der Waals surface area contributed by atoms with E-state index in [1.165, 1.54) is 4.90 Å². The quantitative estimate of drug-likeness (QED) is 0.669. The maximum atomic E-state index is 12.4. The van der Waals surface area contributed by atoms with Gasteiger partial charge in [-0.3, -0.25) is 4.90 Å². The van der Waals surface area contributed by atoms with Crippen LogP contribution in [0.4, 0.5) is 20.6 Å². The molecule has 0 spiro atoms. The molecule has 5 nitrogen and oxygen atoms in total. The fourth-order valence-electron chi connectivity index (χ4n) is 1.56. The van der Waals surface area contributed by atoms with E-state index in [0.717, 1.165) is 11.4 Å². The number of carbonyl (C=O) groups excluding carboxylic acids is 1. The van der Waals surface area contributed by atoms with Crippen molar-refractivity contribution in [3.05, 3.63) is 61.5 Å². The van der Waals surface area contributed by atoms with Crippen molar-refractivity contribution in [2.45, 2.75) is 6.92 Å². The highest BCUT2D eigenvalue weighted by Crippen LogP contribution is 2.17. The monoisotopic (exact) mass is 334 g/mol. The second-order valence-electron chi connectivity index (χ2n) is 4.74. The summed E-state index contributed by atoms with van der Waals surface area (Å²) in [5.74, 6) is 0. The van der Waals surface area contributed by atoms with Crippen LogP contribution in [0.1, 0.15) is 6.92 Å². The van der Waals surface area contributed by atoms with Gasteiger partial charge in [-0.25, -0.2) is 9.18 Å². The van der Waals surface area contributed by atoms with Crippen LogP contribution in [0.25, 0.3) is 0 Å². The van der Waals surface area contributed by atoms with Crippen molar-refractivity contribution >= 4 is 17.4 Å². The van der Waals surface area contributed by atoms with E-state index in [0.29, 0.717) is 25.0 Å². The highest BCUT2D eigenvalue weighted by atomic mass is 19.1. The van der Waals surface area contributed by atoms with Gasteiger partial charge in [0.1, 0.15) is 0 Å². The zero-order chi connectivity index (χ0) is 18.4. The summed E-state index contributed by atoms with van der Waals surface area (Å²) in [5, 5.41) is 5.78. The SMILES string of the molecule is C=CC=C.CCNC(=O)N(C)c1ccc(NC/C(=C\F)CN)cc1. The van der Waals surface area contributed by atoms with Gasteiger partial charge in [0.15, 0.2) is 0 Å². The summed E-state index contributed by atoms with van der Waals surface area (Å²) in [7, 11) is 1.70. The fraction of sp³-hybridized carbons (Fsp3) is 0.278. The maximum Gasteiger partial charge on any atom is 0.321 e. The first-order valence-corrected chi connectivity index (χ1v) is 7.61. The smallest absolute Gasteiger partial charge is 0.321 e. The molecule has 0 radical (unpaired) electrons. The Morgan fingerprint density at radius 3 is 2.29 bits per heavy atom. The number of hydrogen-bond acceptors (Lipinski definition) is 3. The number of urea groups is 1. The second kappa shape index (κ2) is 12.9. The van der Waals surface area contributed by atoms with Gasteiger partial charge in [-0.1, -0.05) is 25.3 Å². The number of nitrogens with one attached hydrogen (secondary N) is 2. The van der Waals surface area contributed by atoms with E-state index in [2.05, 4.69) is 23.8 Å². The number of carbonyl (C=O) groups is 1. The van der Waals surface area contributed by atoms with Crippen LogP contribution in [0.2, 0.25) is 0 Å². The van der Waals surface area contributed by atoms with Gasteiger partial charge in [0.25, 0.3) is 0 Å². The van der Waals surface area contributed by atoms with E-state index in [1.54, 1.807) is 19.2 Å². The summed E-state index contributed by atoms with van der Waals surface area (Å²) < 4.78 is 12.4. The van der Waals surface area contributed by atoms with Crippen LogP contribution < -0.4 is 21.3 Å². The van der Waals surface area contributed by atoms with Gasteiger partial charge in [-0.2, -0.15) is 0 Å². The summed E-state index contributed by atoms with van der Waals surface area (Å²) in [5.41, 5.74) is 7.49. The van der Waals surface area contributed by atoms with Crippen LogP contribution in [0, 0.1) is 0 Å². The molecular formula is C18H27FN4O. The summed E-state index contributed by atoms with van der Waals surface area (Å²) in [4.78, 5) is 13.2. The van der Waals surface area contributed by atoms with Crippen LogP contribution in [0.5, 0.6) is 0 Å². The zero-order valence-corrected chi connectivity index (χ0v) is 14.4. The summed E-state index contributed by atoms with van der Waals surface area (Å²) in [6.45, 7) is 9.71. The molecular weight excluding hydrogens is 307 g/mol. The Morgan fingerprint density at radius 1 is 1.29 bits per heavy atom. The Morgan fingerprint density at radius 2 is 1.88 bits per heavy atom. The van der Waals surface area contributed by atoms with Crippen molar-refractivity contribution in [3.63, 3.8) is 0 Å². The predicted molar refractivity (Wildman–Crippen MR) is 101 cm³/mol. The molecule has 132 valence electrons. The Balaban J connectivity index is 0.00000118. The van der Waals surface area contributed by atoms with E-state index in [4.69, 9.17) is 5.73 Å². The molecule has 0 saturated heterocycles. The number of anilines is 2. The van der Waals surface area contributed by atoms with Gasteiger partial charge in [0.05, 0.1) is 6.33 Å². The van der Waals surface area contributed by atoms with E-state index < -0.39 is 0 Å². The number of benzene rings is 1. The lowest BCUT2D eigenvalue weighted by Gasteiger charge is -2.18. The average molecular weight is 334 g/mol. The zero-order valence-electron chi connectivity index (χ0n) is 14.4. The van der Waals surface area contributed by atoms with E-state index in [-0.39, 0.29) is 12.6 Å².